The molecule has 0 bridgehead atoms. The van der Waals surface area contributed by atoms with E-state index in [0.29, 0.717) is 12.6 Å². The van der Waals surface area contributed by atoms with E-state index in [2.05, 4.69) is 25.2 Å². The molecule has 0 aromatic heterocycles. The summed E-state index contributed by atoms with van der Waals surface area (Å²) in [5.41, 5.74) is 1.22. The van der Waals surface area contributed by atoms with E-state index in [-0.39, 0.29) is 0 Å². The van der Waals surface area contributed by atoms with Gasteiger partial charge in [-0.3, -0.25) is 0 Å². The zero-order valence-electron chi connectivity index (χ0n) is 11.2. The molecule has 0 unspecified atom stereocenters. The van der Waals surface area contributed by atoms with E-state index in [1.165, 1.54) is 5.56 Å². The fraction of sp³-hybridized carbons (Fsp3) is 0.571. The molecule has 3 heteroatoms. The van der Waals surface area contributed by atoms with Crippen LogP contribution in [0.15, 0.2) is 18.2 Å². The number of nitrogens with one attached hydrogen (secondary N) is 1. The topological polar surface area (TPSA) is 30.5 Å². The number of hydrogen-bond acceptors (Lipinski definition) is 3. The van der Waals surface area contributed by atoms with Gasteiger partial charge in [0.2, 0.25) is 0 Å². The van der Waals surface area contributed by atoms with Gasteiger partial charge in [-0.25, -0.2) is 0 Å². The molecule has 0 spiro atoms. The second kappa shape index (κ2) is 7.17. The maximum absolute atomic E-state index is 5.55. The Balaban J connectivity index is 2.70. The van der Waals surface area contributed by atoms with Gasteiger partial charge >= 0.3 is 0 Å². The number of ether oxygens (including phenoxy) is 2. The Hall–Kier alpha value is -1.22. The molecule has 0 aliphatic heterocycles. The third-order valence-electron chi connectivity index (χ3n) is 2.79. The predicted molar refractivity (Wildman–Crippen MR) is 70.8 cm³/mol. The Bertz CT molecular complexity index is 339. The van der Waals surface area contributed by atoms with Crippen molar-refractivity contribution in [1.29, 1.82) is 0 Å². The Kier molecular flexibility index (Phi) is 5.84. The molecule has 1 aromatic rings. The minimum absolute atomic E-state index is 0.535. The molecule has 0 aliphatic carbocycles. The Morgan fingerprint density at radius 2 is 2.00 bits per heavy atom. The van der Waals surface area contributed by atoms with Gasteiger partial charge in [0.15, 0.2) is 11.5 Å². The van der Waals surface area contributed by atoms with E-state index in [1.54, 1.807) is 7.11 Å². The lowest BCUT2D eigenvalue weighted by molar-refractivity contribution is 0.310. The fourth-order valence-electron chi connectivity index (χ4n) is 1.54. The Morgan fingerprint density at radius 1 is 1.24 bits per heavy atom. The third-order valence-corrected chi connectivity index (χ3v) is 2.79. The van der Waals surface area contributed by atoms with E-state index < -0.39 is 0 Å². The molecule has 3 nitrogen and oxygen atoms in total. The van der Waals surface area contributed by atoms with Gasteiger partial charge in [-0.15, -0.1) is 0 Å². The smallest absolute Gasteiger partial charge is 0.161 e. The number of methoxy groups -OCH3 is 1. The lowest BCUT2D eigenvalue weighted by atomic mass is 10.2. The third kappa shape index (κ3) is 4.27. The largest absolute Gasteiger partial charge is 0.493 e. The van der Waals surface area contributed by atoms with Crippen LogP contribution in [0.1, 0.15) is 32.8 Å². The van der Waals surface area contributed by atoms with Crippen molar-refractivity contribution < 1.29 is 9.47 Å². The van der Waals surface area contributed by atoms with Gasteiger partial charge < -0.3 is 14.8 Å². The van der Waals surface area contributed by atoms with Crippen LogP contribution < -0.4 is 14.8 Å². The van der Waals surface area contributed by atoms with Gasteiger partial charge in [0.25, 0.3) is 0 Å². The van der Waals surface area contributed by atoms with Gasteiger partial charge in [-0.2, -0.15) is 0 Å². The van der Waals surface area contributed by atoms with E-state index in [0.717, 1.165) is 24.5 Å². The highest BCUT2D eigenvalue weighted by Gasteiger charge is 2.05. The molecule has 17 heavy (non-hydrogen) atoms. The first-order valence-electron chi connectivity index (χ1n) is 6.24. The molecule has 0 saturated carbocycles. The van der Waals surface area contributed by atoms with Gasteiger partial charge in [-0.1, -0.05) is 13.0 Å². The minimum Gasteiger partial charge on any atom is -0.493 e. The standard InChI is InChI=1S/C14H23NO2/c1-5-11(3)15-10-12-7-8-13(16-4)14(9-12)17-6-2/h7-9,11,15H,5-6,10H2,1-4H3/t11-/m1/s1. The first-order chi connectivity index (χ1) is 8.21. The van der Waals surface area contributed by atoms with Crippen molar-refractivity contribution >= 4 is 0 Å². The molecular formula is C14H23NO2. The normalized spacial score (nSPS) is 12.2. The minimum atomic E-state index is 0.535. The highest BCUT2D eigenvalue weighted by Crippen LogP contribution is 2.27. The molecule has 0 fully saturated rings. The molecule has 1 N–H and O–H groups in total. The summed E-state index contributed by atoms with van der Waals surface area (Å²) < 4.78 is 10.8. The van der Waals surface area contributed by atoms with Crippen LogP contribution in [0.3, 0.4) is 0 Å². The van der Waals surface area contributed by atoms with Crippen molar-refractivity contribution in [2.24, 2.45) is 0 Å². The average molecular weight is 237 g/mol. The van der Waals surface area contributed by atoms with Gasteiger partial charge in [0.05, 0.1) is 13.7 Å². The molecule has 1 aromatic carbocycles. The highest BCUT2D eigenvalue weighted by molar-refractivity contribution is 5.42. The second-order valence-corrected chi connectivity index (χ2v) is 4.11. The maximum atomic E-state index is 5.55. The summed E-state index contributed by atoms with van der Waals surface area (Å²) in [6.45, 7) is 7.85. The van der Waals surface area contributed by atoms with Crippen molar-refractivity contribution in [3.05, 3.63) is 23.8 Å². The zero-order chi connectivity index (χ0) is 12.7. The van der Waals surface area contributed by atoms with Crippen LogP contribution >= 0.6 is 0 Å². The maximum Gasteiger partial charge on any atom is 0.161 e. The molecule has 96 valence electrons. The van der Waals surface area contributed by atoms with Crippen LogP contribution in [-0.2, 0) is 6.54 Å². The molecule has 0 heterocycles. The summed E-state index contributed by atoms with van der Waals surface area (Å²) >= 11 is 0. The lowest BCUT2D eigenvalue weighted by Gasteiger charge is -2.14. The highest BCUT2D eigenvalue weighted by atomic mass is 16.5. The summed E-state index contributed by atoms with van der Waals surface area (Å²) in [5, 5.41) is 3.46. The Labute approximate surface area is 104 Å². The van der Waals surface area contributed by atoms with E-state index in [4.69, 9.17) is 9.47 Å². The van der Waals surface area contributed by atoms with Crippen molar-refractivity contribution in [3.8, 4) is 11.5 Å². The van der Waals surface area contributed by atoms with Gasteiger partial charge in [0.1, 0.15) is 0 Å². The molecule has 0 radical (unpaired) electrons. The predicted octanol–water partition coefficient (Wildman–Crippen LogP) is 2.98. The first kappa shape index (κ1) is 13.8. The summed E-state index contributed by atoms with van der Waals surface area (Å²) in [5.74, 6) is 1.61. The summed E-state index contributed by atoms with van der Waals surface area (Å²) in [7, 11) is 1.66. The monoisotopic (exact) mass is 237 g/mol. The van der Waals surface area contributed by atoms with Crippen molar-refractivity contribution in [3.63, 3.8) is 0 Å². The molecule has 1 atom stereocenters. The van der Waals surface area contributed by atoms with Gasteiger partial charge in [-0.05, 0) is 38.0 Å². The lowest BCUT2D eigenvalue weighted by Crippen LogP contribution is -2.24. The molecule has 0 saturated heterocycles. The summed E-state index contributed by atoms with van der Waals surface area (Å²) in [4.78, 5) is 0. The van der Waals surface area contributed by atoms with Crippen LogP contribution in [0.2, 0.25) is 0 Å². The quantitative estimate of drug-likeness (QED) is 0.791. The number of rotatable bonds is 7. The van der Waals surface area contributed by atoms with E-state index >= 15 is 0 Å². The number of hydrogen-bond donors (Lipinski definition) is 1. The zero-order valence-corrected chi connectivity index (χ0v) is 11.2. The number of benzene rings is 1. The van der Waals surface area contributed by atoms with Crippen LogP contribution in [0.5, 0.6) is 11.5 Å². The van der Waals surface area contributed by atoms with E-state index in [9.17, 15) is 0 Å². The van der Waals surface area contributed by atoms with Crippen molar-refractivity contribution in [2.45, 2.75) is 39.8 Å². The van der Waals surface area contributed by atoms with Crippen molar-refractivity contribution in [2.75, 3.05) is 13.7 Å². The van der Waals surface area contributed by atoms with Crippen LogP contribution in [0.25, 0.3) is 0 Å². The van der Waals surface area contributed by atoms with Crippen LogP contribution in [0.4, 0.5) is 0 Å². The Morgan fingerprint density at radius 3 is 2.59 bits per heavy atom. The fourth-order valence-corrected chi connectivity index (χ4v) is 1.54. The van der Waals surface area contributed by atoms with Crippen LogP contribution in [-0.4, -0.2) is 19.8 Å². The summed E-state index contributed by atoms with van der Waals surface area (Å²) in [6, 6.07) is 6.60. The van der Waals surface area contributed by atoms with Gasteiger partial charge in [0, 0.05) is 12.6 Å². The summed E-state index contributed by atoms with van der Waals surface area (Å²) in [6.07, 6.45) is 1.13. The average Bonchev–Trinajstić information content (AvgIpc) is 2.36. The molecule has 1 rings (SSSR count). The first-order valence-corrected chi connectivity index (χ1v) is 6.24. The second-order valence-electron chi connectivity index (χ2n) is 4.11. The molecular weight excluding hydrogens is 214 g/mol. The molecule has 0 aliphatic rings. The molecule has 0 amide bonds. The van der Waals surface area contributed by atoms with E-state index in [1.807, 2.05) is 19.1 Å². The van der Waals surface area contributed by atoms with Crippen LogP contribution in [0, 0.1) is 0 Å². The van der Waals surface area contributed by atoms with Crippen molar-refractivity contribution in [1.82, 2.24) is 5.32 Å². The SMILES string of the molecule is CCOc1cc(CN[C@H](C)CC)ccc1OC.